The molecular weight excluding hydrogens is 260 g/mol. The first-order valence-electron chi connectivity index (χ1n) is 8.03. The van der Waals surface area contributed by atoms with Crippen LogP contribution in [-0.4, -0.2) is 11.9 Å². The third kappa shape index (κ3) is 4.76. The lowest BCUT2D eigenvalue weighted by atomic mass is 9.75. The van der Waals surface area contributed by atoms with Gasteiger partial charge < -0.3 is 10.6 Å². The van der Waals surface area contributed by atoms with E-state index in [2.05, 4.69) is 30.5 Å². The maximum Gasteiger partial charge on any atom is 0.226 e. The standard InChI is InChI=1S/C18H28N2O/c1-13(2)17(21)20-16-7-5-6-15(12-16)19-14-8-10-18(3,4)11-9-14/h5-7,12-14,19H,8-11H2,1-4H3,(H,20,21). The summed E-state index contributed by atoms with van der Waals surface area (Å²) in [7, 11) is 0. The molecule has 1 aliphatic rings. The minimum absolute atomic E-state index is 0.00203. The third-order valence-corrected chi connectivity index (χ3v) is 4.36. The van der Waals surface area contributed by atoms with E-state index in [1.807, 2.05) is 32.0 Å². The van der Waals surface area contributed by atoms with E-state index in [1.165, 1.54) is 25.7 Å². The number of carbonyl (C=O) groups excluding carboxylic acids is 1. The van der Waals surface area contributed by atoms with Gasteiger partial charge in [0.25, 0.3) is 0 Å². The van der Waals surface area contributed by atoms with Crippen LogP contribution in [0.25, 0.3) is 0 Å². The van der Waals surface area contributed by atoms with Crippen molar-refractivity contribution in [1.29, 1.82) is 0 Å². The van der Waals surface area contributed by atoms with E-state index in [4.69, 9.17) is 0 Å². The van der Waals surface area contributed by atoms with E-state index in [-0.39, 0.29) is 11.8 Å². The molecule has 1 aromatic rings. The molecule has 1 saturated carbocycles. The number of benzene rings is 1. The largest absolute Gasteiger partial charge is 0.382 e. The molecule has 1 aliphatic carbocycles. The SMILES string of the molecule is CC(C)C(=O)Nc1cccc(NC2CCC(C)(C)CC2)c1. The molecule has 3 nitrogen and oxygen atoms in total. The van der Waals surface area contributed by atoms with E-state index < -0.39 is 0 Å². The first-order valence-corrected chi connectivity index (χ1v) is 8.03. The van der Waals surface area contributed by atoms with Crippen molar-refractivity contribution < 1.29 is 4.79 Å². The van der Waals surface area contributed by atoms with Crippen LogP contribution in [0, 0.1) is 11.3 Å². The molecule has 3 heteroatoms. The van der Waals surface area contributed by atoms with Gasteiger partial charge in [-0.25, -0.2) is 0 Å². The Bertz CT molecular complexity index is 484. The van der Waals surface area contributed by atoms with Crippen molar-refractivity contribution in [3.8, 4) is 0 Å². The Balaban J connectivity index is 1.94. The molecule has 0 atom stereocenters. The Labute approximate surface area is 128 Å². The number of anilines is 2. The fourth-order valence-corrected chi connectivity index (χ4v) is 2.75. The molecule has 2 rings (SSSR count). The van der Waals surface area contributed by atoms with Crippen LogP contribution in [-0.2, 0) is 4.79 Å². The molecule has 0 saturated heterocycles. The fourth-order valence-electron chi connectivity index (χ4n) is 2.75. The summed E-state index contributed by atoms with van der Waals surface area (Å²) in [5.41, 5.74) is 2.46. The van der Waals surface area contributed by atoms with Crippen LogP contribution in [0.3, 0.4) is 0 Å². The van der Waals surface area contributed by atoms with Crippen molar-refractivity contribution in [2.45, 2.75) is 59.4 Å². The molecule has 1 aromatic carbocycles. The highest BCUT2D eigenvalue weighted by Crippen LogP contribution is 2.36. The zero-order valence-corrected chi connectivity index (χ0v) is 13.7. The minimum atomic E-state index is 0.00203. The van der Waals surface area contributed by atoms with Gasteiger partial charge in [-0.3, -0.25) is 4.79 Å². The first kappa shape index (κ1) is 15.9. The molecule has 2 N–H and O–H groups in total. The van der Waals surface area contributed by atoms with Crippen LogP contribution in [0.15, 0.2) is 24.3 Å². The second-order valence-electron chi connectivity index (χ2n) is 7.31. The first-order chi connectivity index (χ1) is 9.85. The predicted octanol–water partition coefficient (Wildman–Crippen LogP) is 4.66. The van der Waals surface area contributed by atoms with Gasteiger partial charge in [-0.15, -0.1) is 0 Å². The van der Waals surface area contributed by atoms with Crippen molar-refractivity contribution in [3.63, 3.8) is 0 Å². The molecule has 0 bridgehead atoms. The van der Waals surface area contributed by atoms with Crippen LogP contribution in [0.2, 0.25) is 0 Å². The van der Waals surface area contributed by atoms with Gasteiger partial charge in [-0.2, -0.15) is 0 Å². The maximum absolute atomic E-state index is 11.8. The number of carbonyl (C=O) groups is 1. The normalized spacial score (nSPS) is 18.5. The molecule has 0 aromatic heterocycles. The molecule has 0 heterocycles. The topological polar surface area (TPSA) is 41.1 Å². The maximum atomic E-state index is 11.8. The molecule has 1 fully saturated rings. The van der Waals surface area contributed by atoms with Crippen molar-refractivity contribution in [1.82, 2.24) is 0 Å². The van der Waals surface area contributed by atoms with Gasteiger partial charge in [-0.05, 0) is 49.3 Å². The summed E-state index contributed by atoms with van der Waals surface area (Å²) in [4.78, 5) is 11.8. The molecule has 116 valence electrons. The van der Waals surface area contributed by atoms with Gasteiger partial charge in [-0.1, -0.05) is 33.8 Å². The van der Waals surface area contributed by atoms with Gasteiger partial charge in [0.15, 0.2) is 0 Å². The average Bonchev–Trinajstić information content (AvgIpc) is 2.41. The van der Waals surface area contributed by atoms with Crippen LogP contribution < -0.4 is 10.6 Å². The quantitative estimate of drug-likeness (QED) is 0.846. The van der Waals surface area contributed by atoms with E-state index in [9.17, 15) is 4.79 Å². The highest BCUT2D eigenvalue weighted by Gasteiger charge is 2.26. The summed E-state index contributed by atoms with van der Waals surface area (Å²) in [5, 5.41) is 6.56. The van der Waals surface area contributed by atoms with Crippen LogP contribution in [0.4, 0.5) is 11.4 Å². The molecule has 0 aliphatic heterocycles. The molecule has 21 heavy (non-hydrogen) atoms. The molecule has 0 spiro atoms. The van der Waals surface area contributed by atoms with Gasteiger partial charge >= 0.3 is 0 Å². The van der Waals surface area contributed by atoms with Crippen molar-refractivity contribution in [3.05, 3.63) is 24.3 Å². The van der Waals surface area contributed by atoms with E-state index >= 15 is 0 Å². The summed E-state index contributed by atoms with van der Waals surface area (Å²) in [5.74, 6) is 0.0637. The molecule has 0 unspecified atom stereocenters. The summed E-state index contributed by atoms with van der Waals surface area (Å²) >= 11 is 0. The van der Waals surface area contributed by atoms with E-state index in [1.54, 1.807) is 0 Å². The minimum Gasteiger partial charge on any atom is -0.382 e. The fraction of sp³-hybridized carbons (Fsp3) is 0.611. The predicted molar refractivity (Wildman–Crippen MR) is 89.6 cm³/mol. The smallest absolute Gasteiger partial charge is 0.226 e. The Morgan fingerprint density at radius 1 is 1.19 bits per heavy atom. The second kappa shape index (κ2) is 6.50. The van der Waals surface area contributed by atoms with E-state index in [0.717, 1.165) is 11.4 Å². The van der Waals surface area contributed by atoms with Crippen LogP contribution in [0.5, 0.6) is 0 Å². The van der Waals surface area contributed by atoms with E-state index in [0.29, 0.717) is 11.5 Å². The highest BCUT2D eigenvalue weighted by atomic mass is 16.1. The lowest BCUT2D eigenvalue weighted by Gasteiger charge is -2.35. The monoisotopic (exact) mass is 288 g/mol. The van der Waals surface area contributed by atoms with Crippen molar-refractivity contribution >= 4 is 17.3 Å². The summed E-state index contributed by atoms with van der Waals surface area (Å²) < 4.78 is 0. The van der Waals surface area contributed by atoms with Gasteiger partial charge in [0.05, 0.1) is 0 Å². The zero-order valence-electron chi connectivity index (χ0n) is 13.7. The number of amides is 1. The molecule has 1 amide bonds. The Kier molecular flexibility index (Phi) is 4.92. The highest BCUT2D eigenvalue weighted by molar-refractivity contribution is 5.92. The number of nitrogens with one attached hydrogen (secondary N) is 2. The Hall–Kier alpha value is -1.51. The van der Waals surface area contributed by atoms with Crippen molar-refractivity contribution in [2.75, 3.05) is 10.6 Å². The summed E-state index contributed by atoms with van der Waals surface area (Å²) in [6.07, 6.45) is 4.98. The zero-order chi connectivity index (χ0) is 15.5. The Morgan fingerprint density at radius 2 is 1.81 bits per heavy atom. The van der Waals surface area contributed by atoms with Gasteiger partial charge in [0.1, 0.15) is 0 Å². The second-order valence-corrected chi connectivity index (χ2v) is 7.31. The number of rotatable bonds is 4. The number of hydrogen-bond acceptors (Lipinski definition) is 2. The van der Waals surface area contributed by atoms with Gasteiger partial charge in [0.2, 0.25) is 5.91 Å². The average molecular weight is 288 g/mol. The number of hydrogen-bond donors (Lipinski definition) is 2. The molecule has 0 radical (unpaired) electrons. The lowest BCUT2D eigenvalue weighted by molar-refractivity contribution is -0.118. The molecular formula is C18H28N2O. The summed E-state index contributed by atoms with van der Waals surface area (Å²) in [6, 6.07) is 8.58. The Morgan fingerprint density at radius 3 is 2.43 bits per heavy atom. The van der Waals surface area contributed by atoms with Crippen LogP contribution in [0.1, 0.15) is 53.4 Å². The van der Waals surface area contributed by atoms with Gasteiger partial charge in [0, 0.05) is 23.3 Å². The third-order valence-electron chi connectivity index (χ3n) is 4.36. The van der Waals surface area contributed by atoms with Crippen LogP contribution >= 0.6 is 0 Å². The summed E-state index contributed by atoms with van der Waals surface area (Å²) in [6.45, 7) is 8.51. The lowest BCUT2D eigenvalue weighted by Crippen LogP contribution is -2.29. The van der Waals surface area contributed by atoms with Crippen molar-refractivity contribution in [2.24, 2.45) is 11.3 Å².